The van der Waals surface area contributed by atoms with Crippen LogP contribution >= 0.6 is 0 Å². The number of fused-ring (bicyclic) bond motifs is 1. The Hall–Kier alpha value is -3.20. The first kappa shape index (κ1) is 20.1. The predicted octanol–water partition coefficient (Wildman–Crippen LogP) is 4.09. The maximum atomic E-state index is 12.3. The van der Waals surface area contributed by atoms with Gasteiger partial charge >= 0.3 is 0 Å². The molecule has 0 aliphatic heterocycles. The molecule has 0 unspecified atom stereocenters. The van der Waals surface area contributed by atoms with Gasteiger partial charge in [-0.3, -0.25) is 9.50 Å². The van der Waals surface area contributed by atoms with Crippen molar-refractivity contribution in [2.75, 3.05) is 11.1 Å². The van der Waals surface area contributed by atoms with E-state index in [0.29, 0.717) is 23.0 Å². The molecule has 8 nitrogen and oxygen atoms in total. The van der Waals surface area contributed by atoms with Gasteiger partial charge in [-0.05, 0) is 25.0 Å². The van der Waals surface area contributed by atoms with Crippen LogP contribution in [0.2, 0.25) is 0 Å². The summed E-state index contributed by atoms with van der Waals surface area (Å²) in [6.45, 7) is 7.72. The first-order chi connectivity index (χ1) is 14.3. The van der Waals surface area contributed by atoms with E-state index in [1.807, 2.05) is 35.7 Å². The zero-order chi connectivity index (χ0) is 21.5. The molecule has 30 heavy (non-hydrogen) atoms. The van der Waals surface area contributed by atoms with Crippen LogP contribution in [0.25, 0.3) is 16.9 Å². The molecule has 0 atom stereocenters. The molecule has 9 heteroatoms. The molecule has 3 aromatic heterocycles. The average Bonchev–Trinajstić information content (AvgIpc) is 3.34. The van der Waals surface area contributed by atoms with Crippen LogP contribution in [-0.4, -0.2) is 38.7 Å². The summed E-state index contributed by atoms with van der Waals surface area (Å²) in [4.78, 5) is 9.78. The summed E-state index contributed by atoms with van der Waals surface area (Å²) < 4.78 is 26.5. The van der Waals surface area contributed by atoms with Crippen molar-refractivity contribution in [3.8, 4) is 11.3 Å². The second kappa shape index (κ2) is 7.56. The van der Waals surface area contributed by atoms with Crippen molar-refractivity contribution in [1.82, 2.24) is 24.6 Å². The van der Waals surface area contributed by atoms with E-state index in [1.165, 1.54) is 0 Å². The van der Waals surface area contributed by atoms with Crippen molar-refractivity contribution in [3.05, 3.63) is 54.0 Å². The maximum Gasteiger partial charge on any atom is 0.215 e. The first-order valence-electron chi connectivity index (χ1n) is 9.79. The molecule has 0 fully saturated rings. The highest BCUT2D eigenvalue weighted by Gasteiger charge is 2.16. The Bertz CT molecular complexity index is 1320. The summed E-state index contributed by atoms with van der Waals surface area (Å²) in [5.41, 5.74) is 3.93. The second-order valence-electron chi connectivity index (χ2n) is 7.51. The van der Waals surface area contributed by atoms with Crippen molar-refractivity contribution in [3.63, 3.8) is 0 Å². The van der Waals surface area contributed by atoms with Gasteiger partial charge in [-0.25, -0.2) is 18.4 Å². The van der Waals surface area contributed by atoms with E-state index in [-0.39, 0.29) is 16.6 Å². The molecule has 156 valence electrons. The number of sulfone groups is 1. The van der Waals surface area contributed by atoms with Crippen LogP contribution in [0.4, 0.5) is 11.8 Å². The Labute approximate surface area is 175 Å². The number of imidazole rings is 1. The lowest BCUT2D eigenvalue weighted by atomic mass is 10.1. The van der Waals surface area contributed by atoms with Gasteiger partial charge in [-0.2, -0.15) is 5.10 Å². The highest BCUT2D eigenvalue weighted by Crippen LogP contribution is 2.27. The number of nitrogens with zero attached hydrogens (tertiary/aromatic N) is 4. The van der Waals surface area contributed by atoms with Crippen molar-refractivity contribution in [2.24, 2.45) is 0 Å². The first-order valence-corrected chi connectivity index (χ1v) is 11.4. The van der Waals surface area contributed by atoms with Crippen LogP contribution in [0.5, 0.6) is 0 Å². The van der Waals surface area contributed by atoms with Crippen molar-refractivity contribution in [2.45, 2.75) is 38.5 Å². The van der Waals surface area contributed by atoms with Crippen LogP contribution in [0.1, 0.15) is 38.1 Å². The molecule has 3 heterocycles. The van der Waals surface area contributed by atoms with Crippen LogP contribution in [0.15, 0.2) is 47.5 Å². The van der Waals surface area contributed by atoms with Crippen LogP contribution in [0.3, 0.4) is 0 Å². The van der Waals surface area contributed by atoms with E-state index < -0.39 is 9.84 Å². The summed E-state index contributed by atoms with van der Waals surface area (Å²) in [5, 5.41) is 10.4. The SMILES string of the molecule is CCS(=O)(=O)c1cccc(-c2cc3nc(C(C)C)cn3c(Nc3cc(C)[nH]n3)n2)c1. The normalized spacial score (nSPS) is 12.0. The Morgan fingerprint density at radius 1 is 1.17 bits per heavy atom. The molecule has 0 amide bonds. The summed E-state index contributed by atoms with van der Waals surface area (Å²) in [6.07, 6.45) is 1.95. The zero-order valence-corrected chi connectivity index (χ0v) is 18.2. The fraction of sp³-hybridized carbons (Fsp3) is 0.286. The molecule has 0 aliphatic rings. The lowest BCUT2D eigenvalue weighted by Gasteiger charge is -2.10. The zero-order valence-electron chi connectivity index (χ0n) is 17.3. The third kappa shape index (κ3) is 3.80. The molecule has 1 aromatic carbocycles. The Kier molecular flexibility index (Phi) is 5.07. The van der Waals surface area contributed by atoms with Crippen LogP contribution in [0, 0.1) is 6.92 Å². The highest BCUT2D eigenvalue weighted by molar-refractivity contribution is 7.91. The van der Waals surface area contributed by atoms with Gasteiger partial charge in [0.1, 0.15) is 5.65 Å². The number of rotatable bonds is 6. The maximum absolute atomic E-state index is 12.3. The number of benzene rings is 1. The Balaban J connectivity index is 1.87. The standard InChI is InChI=1S/C21H24N6O2S/c1-5-30(28,29)16-8-6-7-15(10-16)17-11-20-22-18(13(2)3)12-27(20)21(23-17)24-19-9-14(4)25-26-19/h6-13H,5H2,1-4H3,(H2,23,24,25,26). The topological polar surface area (TPSA) is 105 Å². The van der Waals surface area contributed by atoms with E-state index in [9.17, 15) is 8.42 Å². The number of anilines is 2. The highest BCUT2D eigenvalue weighted by atomic mass is 32.2. The van der Waals surface area contributed by atoms with Crippen LogP contribution in [-0.2, 0) is 9.84 Å². The smallest absolute Gasteiger partial charge is 0.215 e. The minimum Gasteiger partial charge on any atom is -0.308 e. The number of aromatic nitrogens is 5. The number of H-pyrrole nitrogens is 1. The number of nitrogens with one attached hydrogen (secondary N) is 2. The van der Waals surface area contributed by atoms with Gasteiger partial charge in [-0.15, -0.1) is 0 Å². The molecule has 0 saturated heterocycles. The van der Waals surface area contributed by atoms with Crippen LogP contribution < -0.4 is 5.32 Å². The lowest BCUT2D eigenvalue weighted by molar-refractivity contribution is 0.597. The monoisotopic (exact) mass is 424 g/mol. The minimum absolute atomic E-state index is 0.0479. The second-order valence-corrected chi connectivity index (χ2v) is 9.78. The predicted molar refractivity (Wildman–Crippen MR) is 117 cm³/mol. The van der Waals surface area contributed by atoms with Gasteiger partial charge in [0.05, 0.1) is 22.0 Å². The summed E-state index contributed by atoms with van der Waals surface area (Å²) in [7, 11) is -3.31. The van der Waals surface area contributed by atoms with Gasteiger partial charge in [-0.1, -0.05) is 32.9 Å². The largest absolute Gasteiger partial charge is 0.308 e. The van der Waals surface area contributed by atoms with E-state index >= 15 is 0 Å². The molecule has 0 radical (unpaired) electrons. The molecule has 0 bridgehead atoms. The number of hydrogen-bond acceptors (Lipinski definition) is 6. The average molecular weight is 425 g/mol. The van der Waals surface area contributed by atoms with Crippen molar-refractivity contribution < 1.29 is 8.42 Å². The molecule has 0 saturated carbocycles. The summed E-state index contributed by atoms with van der Waals surface area (Å²) >= 11 is 0. The molecular formula is C21H24N6O2S. The minimum atomic E-state index is -3.31. The third-order valence-corrected chi connectivity index (χ3v) is 6.61. The Morgan fingerprint density at radius 3 is 2.63 bits per heavy atom. The number of hydrogen-bond donors (Lipinski definition) is 2. The molecule has 2 N–H and O–H groups in total. The summed E-state index contributed by atoms with van der Waals surface area (Å²) in [5.74, 6) is 1.50. The van der Waals surface area contributed by atoms with Gasteiger partial charge in [0, 0.05) is 29.6 Å². The van der Waals surface area contributed by atoms with Gasteiger partial charge in [0.2, 0.25) is 5.95 Å². The molecule has 4 aromatic rings. The molecule has 4 rings (SSSR count). The molecule has 0 aliphatic carbocycles. The fourth-order valence-corrected chi connectivity index (χ4v) is 4.06. The van der Waals surface area contributed by atoms with Gasteiger partial charge < -0.3 is 5.32 Å². The third-order valence-electron chi connectivity index (χ3n) is 4.88. The fourth-order valence-electron chi connectivity index (χ4n) is 3.13. The van der Waals surface area contributed by atoms with Crippen molar-refractivity contribution in [1.29, 1.82) is 0 Å². The lowest BCUT2D eigenvalue weighted by Crippen LogP contribution is -2.05. The number of aromatic amines is 1. The van der Waals surface area contributed by atoms with Gasteiger partial charge in [0.25, 0.3) is 0 Å². The summed E-state index contributed by atoms with van der Waals surface area (Å²) in [6, 6.07) is 10.6. The van der Waals surface area contributed by atoms with Gasteiger partial charge in [0.15, 0.2) is 15.7 Å². The Morgan fingerprint density at radius 2 is 1.97 bits per heavy atom. The van der Waals surface area contributed by atoms with E-state index in [0.717, 1.165) is 17.0 Å². The quantitative estimate of drug-likeness (QED) is 0.483. The number of aryl methyl sites for hydroxylation is 1. The molecular weight excluding hydrogens is 400 g/mol. The van der Waals surface area contributed by atoms with E-state index in [2.05, 4.69) is 29.4 Å². The van der Waals surface area contributed by atoms with E-state index in [4.69, 9.17) is 9.97 Å². The molecule has 0 spiro atoms. The van der Waals surface area contributed by atoms with E-state index in [1.54, 1.807) is 25.1 Å². The van der Waals surface area contributed by atoms with Crippen molar-refractivity contribution >= 4 is 27.3 Å².